The topological polar surface area (TPSA) is 68.9 Å². The standard InChI is InChI=1S/C23H18O5/c1-26-20-10-8-15(12-22(20)27-2)21-13-16(23(25)28-21)11-18-17-6-4-3-5-14(17)7-9-19(18)24/h3-13,25H,1-2H3/b18-11+. The highest BCUT2D eigenvalue weighted by molar-refractivity contribution is 6.33. The summed E-state index contributed by atoms with van der Waals surface area (Å²) in [6.45, 7) is 0. The Balaban J connectivity index is 1.76. The van der Waals surface area contributed by atoms with Gasteiger partial charge in [-0.2, -0.15) is 0 Å². The molecular weight excluding hydrogens is 356 g/mol. The number of methoxy groups -OCH3 is 2. The molecule has 0 atom stereocenters. The highest BCUT2D eigenvalue weighted by Crippen LogP contribution is 2.37. The summed E-state index contributed by atoms with van der Waals surface area (Å²) >= 11 is 0. The van der Waals surface area contributed by atoms with Crippen molar-refractivity contribution >= 4 is 23.5 Å². The molecule has 0 aliphatic heterocycles. The van der Waals surface area contributed by atoms with Crippen LogP contribution in [0.15, 0.2) is 59.0 Å². The summed E-state index contributed by atoms with van der Waals surface area (Å²) < 4.78 is 16.1. The second-order valence-corrected chi connectivity index (χ2v) is 6.28. The van der Waals surface area contributed by atoms with Gasteiger partial charge in [-0.05, 0) is 47.5 Å². The minimum absolute atomic E-state index is 0.119. The molecule has 0 spiro atoms. The fraction of sp³-hybridized carbons (Fsp3) is 0.0870. The van der Waals surface area contributed by atoms with Crippen molar-refractivity contribution in [3.05, 3.63) is 71.3 Å². The number of carbonyl (C=O) groups is 1. The second kappa shape index (κ2) is 7.12. The number of ketones is 1. The lowest BCUT2D eigenvalue weighted by Crippen LogP contribution is -2.04. The van der Waals surface area contributed by atoms with Crippen LogP contribution in [0.1, 0.15) is 16.7 Å². The molecule has 1 heterocycles. The normalized spacial score (nSPS) is 14.2. The van der Waals surface area contributed by atoms with E-state index in [1.807, 2.05) is 24.3 Å². The van der Waals surface area contributed by atoms with Crippen molar-refractivity contribution in [2.24, 2.45) is 0 Å². The van der Waals surface area contributed by atoms with E-state index in [1.54, 1.807) is 50.6 Å². The summed E-state index contributed by atoms with van der Waals surface area (Å²) in [5.74, 6) is 1.24. The molecule has 0 amide bonds. The summed E-state index contributed by atoms with van der Waals surface area (Å²) in [4.78, 5) is 12.4. The summed E-state index contributed by atoms with van der Waals surface area (Å²) in [7, 11) is 3.12. The summed E-state index contributed by atoms with van der Waals surface area (Å²) in [5.41, 5.74) is 3.43. The smallest absolute Gasteiger partial charge is 0.289 e. The van der Waals surface area contributed by atoms with Gasteiger partial charge in [0.1, 0.15) is 5.76 Å². The fourth-order valence-corrected chi connectivity index (χ4v) is 3.21. The van der Waals surface area contributed by atoms with Crippen molar-refractivity contribution < 1.29 is 23.8 Å². The minimum Gasteiger partial charge on any atom is -0.493 e. The van der Waals surface area contributed by atoms with Gasteiger partial charge in [-0.3, -0.25) is 4.79 Å². The number of ether oxygens (including phenoxy) is 2. The number of benzene rings is 2. The first kappa shape index (κ1) is 17.7. The van der Waals surface area contributed by atoms with Gasteiger partial charge < -0.3 is 19.0 Å². The van der Waals surface area contributed by atoms with Crippen molar-refractivity contribution in [3.8, 4) is 28.8 Å². The van der Waals surface area contributed by atoms with Crippen LogP contribution >= 0.6 is 0 Å². The highest BCUT2D eigenvalue weighted by atomic mass is 16.5. The van der Waals surface area contributed by atoms with E-state index < -0.39 is 0 Å². The fourth-order valence-electron chi connectivity index (χ4n) is 3.21. The lowest BCUT2D eigenvalue weighted by Gasteiger charge is -2.12. The van der Waals surface area contributed by atoms with Crippen molar-refractivity contribution in [2.75, 3.05) is 14.2 Å². The molecule has 2 aromatic carbocycles. The second-order valence-electron chi connectivity index (χ2n) is 6.28. The highest BCUT2D eigenvalue weighted by Gasteiger charge is 2.19. The van der Waals surface area contributed by atoms with E-state index >= 15 is 0 Å². The van der Waals surface area contributed by atoms with Crippen LogP contribution in [-0.4, -0.2) is 25.1 Å². The number of allylic oxidation sites excluding steroid dienone is 2. The van der Waals surface area contributed by atoms with Crippen molar-refractivity contribution in [2.45, 2.75) is 0 Å². The molecule has 1 N–H and O–H groups in total. The molecule has 3 aromatic rings. The van der Waals surface area contributed by atoms with Crippen LogP contribution in [0.2, 0.25) is 0 Å². The summed E-state index contributed by atoms with van der Waals surface area (Å²) in [5, 5.41) is 10.3. The molecule has 0 bridgehead atoms. The SMILES string of the molecule is COc1ccc(-c2cc(/C=C3/C(=O)C=Cc4ccccc43)c(O)o2)cc1OC. The van der Waals surface area contributed by atoms with E-state index in [4.69, 9.17) is 13.9 Å². The number of aromatic hydroxyl groups is 1. The number of furan rings is 1. The Labute approximate surface area is 162 Å². The van der Waals surface area contributed by atoms with E-state index in [-0.39, 0.29) is 11.7 Å². The Kier molecular flexibility index (Phi) is 4.49. The summed E-state index contributed by atoms with van der Waals surface area (Å²) in [6, 6.07) is 14.6. The minimum atomic E-state index is -0.253. The molecule has 4 rings (SSSR count). The van der Waals surface area contributed by atoms with Gasteiger partial charge in [0.25, 0.3) is 5.95 Å². The summed E-state index contributed by atoms with van der Waals surface area (Å²) in [6.07, 6.45) is 4.97. The Morgan fingerprint density at radius 1 is 0.964 bits per heavy atom. The lowest BCUT2D eigenvalue weighted by molar-refractivity contribution is -0.109. The number of fused-ring (bicyclic) bond motifs is 1. The quantitative estimate of drug-likeness (QED) is 0.664. The maximum absolute atomic E-state index is 12.4. The third kappa shape index (κ3) is 3.07. The maximum Gasteiger partial charge on any atom is 0.289 e. The Morgan fingerprint density at radius 3 is 2.54 bits per heavy atom. The van der Waals surface area contributed by atoms with Crippen LogP contribution in [0, 0.1) is 0 Å². The number of rotatable bonds is 4. The molecule has 5 heteroatoms. The Hall–Kier alpha value is -3.73. The Morgan fingerprint density at radius 2 is 1.75 bits per heavy atom. The average molecular weight is 374 g/mol. The molecule has 0 saturated carbocycles. The average Bonchev–Trinajstić information content (AvgIpc) is 3.10. The van der Waals surface area contributed by atoms with E-state index in [0.29, 0.717) is 34.0 Å². The van der Waals surface area contributed by atoms with E-state index in [1.165, 1.54) is 6.08 Å². The first-order valence-corrected chi connectivity index (χ1v) is 8.69. The van der Waals surface area contributed by atoms with Gasteiger partial charge >= 0.3 is 0 Å². The third-order valence-electron chi connectivity index (χ3n) is 4.64. The molecule has 140 valence electrons. The van der Waals surface area contributed by atoms with E-state index in [2.05, 4.69) is 0 Å². The van der Waals surface area contributed by atoms with Gasteiger partial charge in [0, 0.05) is 11.1 Å². The molecule has 5 nitrogen and oxygen atoms in total. The van der Waals surface area contributed by atoms with E-state index in [9.17, 15) is 9.90 Å². The molecule has 0 radical (unpaired) electrons. The molecule has 1 aromatic heterocycles. The van der Waals surface area contributed by atoms with Crippen LogP contribution < -0.4 is 9.47 Å². The van der Waals surface area contributed by atoms with Gasteiger partial charge in [-0.15, -0.1) is 0 Å². The van der Waals surface area contributed by atoms with Crippen molar-refractivity contribution in [1.82, 2.24) is 0 Å². The molecule has 0 unspecified atom stereocenters. The van der Waals surface area contributed by atoms with Gasteiger partial charge in [0.05, 0.1) is 19.8 Å². The molecule has 1 aliphatic carbocycles. The molecule has 1 aliphatic rings. The van der Waals surface area contributed by atoms with Gasteiger partial charge in [-0.1, -0.05) is 30.3 Å². The monoisotopic (exact) mass is 374 g/mol. The molecule has 0 fully saturated rings. The molecule has 0 saturated heterocycles. The zero-order chi connectivity index (χ0) is 19.7. The van der Waals surface area contributed by atoms with Crippen molar-refractivity contribution in [3.63, 3.8) is 0 Å². The first-order valence-electron chi connectivity index (χ1n) is 8.69. The number of hydrogen-bond acceptors (Lipinski definition) is 5. The number of hydrogen-bond donors (Lipinski definition) is 1. The maximum atomic E-state index is 12.4. The molecular formula is C23H18O5. The predicted octanol–water partition coefficient (Wildman–Crippen LogP) is 4.81. The zero-order valence-corrected chi connectivity index (χ0v) is 15.4. The van der Waals surface area contributed by atoms with Gasteiger partial charge in [0.15, 0.2) is 17.3 Å². The van der Waals surface area contributed by atoms with Crippen LogP contribution in [0.4, 0.5) is 0 Å². The molecule has 28 heavy (non-hydrogen) atoms. The Bertz CT molecular complexity index is 1120. The van der Waals surface area contributed by atoms with Crippen LogP contribution in [-0.2, 0) is 4.79 Å². The van der Waals surface area contributed by atoms with Gasteiger partial charge in [0.2, 0.25) is 0 Å². The predicted molar refractivity (Wildman–Crippen MR) is 107 cm³/mol. The van der Waals surface area contributed by atoms with Crippen LogP contribution in [0.3, 0.4) is 0 Å². The number of carbonyl (C=O) groups excluding carboxylic acids is 1. The first-order chi connectivity index (χ1) is 13.6. The largest absolute Gasteiger partial charge is 0.493 e. The van der Waals surface area contributed by atoms with Crippen LogP contribution in [0.25, 0.3) is 29.0 Å². The van der Waals surface area contributed by atoms with Gasteiger partial charge in [-0.25, -0.2) is 0 Å². The third-order valence-corrected chi connectivity index (χ3v) is 4.64. The zero-order valence-electron chi connectivity index (χ0n) is 15.4. The lowest BCUT2D eigenvalue weighted by atomic mass is 9.90. The van der Waals surface area contributed by atoms with Crippen molar-refractivity contribution in [1.29, 1.82) is 0 Å². The van der Waals surface area contributed by atoms with Crippen LogP contribution in [0.5, 0.6) is 17.4 Å². The van der Waals surface area contributed by atoms with E-state index in [0.717, 1.165) is 11.1 Å².